The van der Waals surface area contributed by atoms with Crippen LogP contribution in [0.15, 0.2) is 30.8 Å². The van der Waals surface area contributed by atoms with Gasteiger partial charge in [-0.15, -0.1) is 24.8 Å². The van der Waals surface area contributed by atoms with Gasteiger partial charge in [0.1, 0.15) is 0 Å². The minimum absolute atomic E-state index is 0. The van der Waals surface area contributed by atoms with E-state index in [4.69, 9.17) is 0 Å². The predicted octanol–water partition coefficient (Wildman–Crippen LogP) is 1.16. The number of halogens is 2. The van der Waals surface area contributed by atoms with E-state index >= 15 is 0 Å². The summed E-state index contributed by atoms with van der Waals surface area (Å²) in [7, 11) is 1.11. The van der Waals surface area contributed by atoms with Gasteiger partial charge in [-0.2, -0.15) is 0 Å². The lowest BCUT2D eigenvalue weighted by Crippen LogP contribution is -2.04. The van der Waals surface area contributed by atoms with Gasteiger partial charge in [0, 0.05) is 10.2 Å². The largest absolute Gasteiger partial charge is 0.147 e. The van der Waals surface area contributed by atoms with Crippen LogP contribution in [0.25, 0.3) is 6.08 Å². The molecule has 0 fully saturated rings. The summed E-state index contributed by atoms with van der Waals surface area (Å²) in [6, 6.07) is 8.34. The number of rotatable bonds is 1. The first-order chi connectivity index (χ1) is 4.34. The van der Waals surface area contributed by atoms with Crippen LogP contribution in [0.1, 0.15) is 5.56 Å². The molecule has 1 aromatic carbocycles. The Bertz CT molecular complexity index is 223. The minimum Gasteiger partial charge on any atom is -0.147 e. The summed E-state index contributed by atoms with van der Waals surface area (Å²) in [6.45, 7) is 3.71. The van der Waals surface area contributed by atoms with Crippen LogP contribution in [-0.2, 0) is 0 Å². The summed E-state index contributed by atoms with van der Waals surface area (Å²) in [5.74, 6) is 0. The number of hydrogen-bond acceptors (Lipinski definition) is 0. The summed E-state index contributed by atoms with van der Waals surface area (Å²) in [6.07, 6.45) is 1.91. The highest BCUT2D eigenvalue weighted by Crippen LogP contribution is 1.94. The standard InChI is InChI=1S/C8H10Si.2ClH/c1-2-7-5-3-4-6-8(7)9;;/h2-6H,1H2,9H3;2*1H. The van der Waals surface area contributed by atoms with Crippen LogP contribution in [0.2, 0.25) is 0 Å². The van der Waals surface area contributed by atoms with Gasteiger partial charge in [0.05, 0.1) is 0 Å². The van der Waals surface area contributed by atoms with E-state index < -0.39 is 0 Å². The monoisotopic (exact) mass is 206 g/mol. The highest BCUT2D eigenvalue weighted by atomic mass is 35.5. The average molecular weight is 207 g/mol. The molecule has 0 aliphatic rings. The van der Waals surface area contributed by atoms with Gasteiger partial charge in [-0.3, -0.25) is 0 Å². The minimum atomic E-state index is 0. The van der Waals surface area contributed by atoms with Crippen LogP contribution in [-0.4, -0.2) is 10.2 Å². The second kappa shape index (κ2) is 6.47. The summed E-state index contributed by atoms with van der Waals surface area (Å²) >= 11 is 0. The highest BCUT2D eigenvalue weighted by Gasteiger charge is 1.86. The molecule has 0 saturated carbocycles. The maximum atomic E-state index is 3.71. The molecule has 0 nitrogen and oxygen atoms in total. The summed E-state index contributed by atoms with van der Waals surface area (Å²) in [4.78, 5) is 0. The average Bonchev–Trinajstić information content (AvgIpc) is 1.89. The third kappa shape index (κ3) is 3.61. The Morgan fingerprint density at radius 1 is 1.18 bits per heavy atom. The van der Waals surface area contributed by atoms with Crippen LogP contribution < -0.4 is 5.19 Å². The first kappa shape index (κ1) is 13.4. The first-order valence-corrected chi connectivity index (χ1v) is 4.02. The van der Waals surface area contributed by atoms with Crippen LogP contribution in [0.5, 0.6) is 0 Å². The van der Waals surface area contributed by atoms with Crippen LogP contribution >= 0.6 is 24.8 Å². The van der Waals surface area contributed by atoms with Gasteiger partial charge >= 0.3 is 0 Å². The topological polar surface area (TPSA) is 0 Å². The highest BCUT2D eigenvalue weighted by molar-refractivity contribution is 6.34. The lowest BCUT2D eigenvalue weighted by molar-refractivity contribution is 1.72. The van der Waals surface area contributed by atoms with Crippen LogP contribution in [0.3, 0.4) is 0 Å². The predicted molar refractivity (Wildman–Crippen MR) is 60.6 cm³/mol. The number of hydrogen-bond donors (Lipinski definition) is 0. The second-order valence-electron chi connectivity index (χ2n) is 2.06. The van der Waals surface area contributed by atoms with Crippen molar-refractivity contribution < 1.29 is 0 Å². The molecule has 0 spiro atoms. The Balaban J connectivity index is 0. The lowest BCUT2D eigenvalue weighted by atomic mass is 10.2. The zero-order valence-corrected chi connectivity index (χ0v) is 10.0. The fraction of sp³-hybridized carbons (Fsp3) is 0. The zero-order chi connectivity index (χ0) is 6.69. The van der Waals surface area contributed by atoms with Gasteiger partial charge < -0.3 is 0 Å². The molecule has 0 unspecified atom stereocenters. The molecule has 0 amide bonds. The van der Waals surface area contributed by atoms with Crippen molar-refractivity contribution in [1.82, 2.24) is 0 Å². The Morgan fingerprint density at radius 3 is 2.09 bits per heavy atom. The van der Waals surface area contributed by atoms with Crippen molar-refractivity contribution in [3.8, 4) is 0 Å². The summed E-state index contributed by atoms with van der Waals surface area (Å²) < 4.78 is 0. The van der Waals surface area contributed by atoms with E-state index in [9.17, 15) is 0 Å². The smallest absolute Gasteiger partial charge is 0.0392 e. The first-order valence-electron chi connectivity index (χ1n) is 3.02. The molecule has 0 bridgehead atoms. The molecule has 11 heavy (non-hydrogen) atoms. The normalized spacial score (nSPS) is 7.64. The molecule has 0 radical (unpaired) electrons. The van der Waals surface area contributed by atoms with Crippen molar-refractivity contribution in [1.29, 1.82) is 0 Å². The molecule has 0 atom stereocenters. The van der Waals surface area contributed by atoms with E-state index in [0.29, 0.717) is 0 Å². The molecule has 1 rings (SSSR count). The molecular formula is C8H12Cl2Si. The maximum absolute atomic E-state index is 3.71. The zero-order valence-electron chi connectivity index (χ0n) is 6.41. The van der Waals surface area contributed by atoms with Crippen molar-refractivity contribution in [3.63, 3.8) is 0 Å². The Hall–Kier alpha value is -0.243. The third-order valence-electron chi connectivity index (χ3n) is 1.41. The molecule has 0 saturated heterocycles. The molecule has 0 aliphatic heterocycles. The van der Waals surface area contributed by atoms with Crippen molar-refractivity contribution in [2.45, 2.75) is 0 Å². The Morgan fingerprint density at radius 2 is 1.73 bits per heavy atom. The Kier molecular flexibility index (Phi) is 7.85. The van der Waals surface area contributed by atoms with E-state index in [0.717, 1.165) is 10.2 Å². The molecule has 0 aliphatic carbocycles. The van der Waals surface area contributed by atoms with E-state index in [1.54, 1.807) is 0 Å². The van der Waals surface area contributed by atoms with E-state index in [-0.39, 0.29) is 24.8 Å². The lowest BCUT2D eigenvalue weighted by Gasteiger charge is -1.95. The van der Waals surface area contributed by atoms with E-state index in [2.05, 4.69) is 24.8 Å². The van der Waals surface area contributed by atoms with Gasteiger partial charge in [0.25, 0.3) is 0 Å². The SMILES string of the molecule is C=Cc1ccccc1[SiH3].Cl.Cl. The van der Waals surface area contributed by atoms with Crippen molar-refractivity contribution in [2.75, 3.05) is 0 Å². The summed E-state index contributed by atoms with van der Waals surface area (Å²) in [5.41, 5.74) is 1.28. The number of benzene rings is 1. The molecule has 3 heteroatoms. The van der Waals surface area contributed by atoms with Crippen molar-refractivity contribution in [2.24, 2.45) is 0 Å². The van der Waals surface area contributed by atoms with E-state index in [1.807, 2.05) is 12.1 Å². The second-order valence-corrected chi connectivity index (χ2v) is 3.14. The Labute approximate surface area is 82.9 Å². The molecular weight excluding hydrogens is 195 g/mol. The fourth-order valence-electron chi connectivity index (χ4n) is 0.816. The van der Waals surface area contributed by atoms with Gasteiger partial charge in [-0.05, 0) is 5.56 Å². The molecule has 0 N–H and O–H groups in total. The summed E-state index contributed by atoms with van der Waals surface area (Å²) in [5, 5.41) is 1.42. The third-order valence-corrected chi connectivity index (χ3v) is 2.32. The molecule has 0 aromatic heterocycles. The van der Waals surface area contributed by atoms with Gasteiger partial charge in [-0.25, -0.2) is 0 Å². The van der Waals surface area contributed by atoms with Crippen molar-refractivity contribution >= 4 is 46.3 Å². The van der Waals surface area contributed by atoms with Gasteiger partial charge in [-0.1, -0.05) is 42.1 Å². The quantitative estimate of drug-likeness (QED) is 0.606. The van der Waals surface area contributed by atoms with Gasteiger partial charge in [0.2, 0.25) is 0 Å². The van der Waals surface area contributed by atoms with Crippen molar-refractivity contribution in [3.05, 3.63) is 36.4 Å². The molecule has 1 aromatic rings. The maximum Gasteiger partial charge on any atom is 0.0392 e. The molecule has 62 valence electrons. The van der Waals surface area contributed by atoms with Crippen LogP contribution in [0.4, 0.5) is 0 Å². The molecule has 0 heterocycles. The van der Waals surface area contributed by atoms with E-state index in [1.165, 1.54) is 10.8 Å². The fourth-order valence-corrected chi connectivity index (χ4v) is 1.38. The van der Waals surface area contributed by atoms with Gasteiger partial charge in [0.15, 0.2) is 0 Å². The van der Waals surface area contributed by atoms with Crippen LogP contribution in [0, 0.1) is 0 Å².